The molecule has 1 saturated carbocycles. The highest BCUT2D eigenvalue weighted by atomic mass is 35.5. The quantitative estimate of drug-likeness (QED) is 0.710. The monoisotopic (exact) mass is 286 g/mol. The molecule has 2 heteroatoms. The topological polar surface area (TPSA) is 9.23 Å². The molecule has 0 bridgehead atoms. The SMILES string of the molecule is Cc1ccc(Cl)cc1-c1cccc(OC2CCCC2)c1. The summed E-state index contributed by atoms with van der Waals surface area (Å²) in [6.45, 7) is 2.11. The molecule has 1 fully saturated rings. The molecule has 1 aliphatic carbocycles. The van der Waals surface area contributed by atoms with Crippen LogP contribution in [0.3, 0.4) is 0 Å². The molecule has 20 heavy (non-hydrogen) atoms. The Bertz CT molecular complexity index is 600. The highest BCUT2D eigenvalue weighted by Gasteiger charge is 2.16. The number of halogens is 1. The summed E-state index contributed by atoms with van der Waals surface area (Å²) in [6.07, 6.45) is 5.34. The zero-order chi connectivity index (χ0) is 13.9. The first-order chi connectivity index (χ1) is 9.72. The van der Waals surface area contributed by atoms with Crippen LogP contribution in [0.1, 0.15) is 31.2 Å². The van der Waals surface area contributed by atoms with Gasteiger partial charge in [0.15, 0.2) is 0 Å². The Kier molecular flexibility index (Phi) is 3.98. The molecular formula is C18H19ClO. The van der Waals surface area contributed by atoms with Gasteiger partial charge in [0.25, 0.3) is 0 Å². The minimum absolute atomic E-state index is 0.394. The third kappa shape index (κ3) is 2.99. The summed E-state index contributed by atoms with van der Waals surface area (Å²) in [6, 6.07) is 14.3. The van der Waals surface area contributed by atoms with E-state index in [1.807, 2.05) is 18.2 Å². The van der Waals surface area contributed by atoms with E-state index in [-0.39, 0.29) is 0 Å². The van der Waals surface area contributed by atoms with Gasteiger partial charge in [-0.15, -0.1) is 0 Å². The Morgan fingerprint density at radius 3 is 2.65 bits per heavy atom. The Morgan fingerprint density at radius 1 is 1.05 bits per heavy atom. The van der Waals surface area contributed by atoms with Gasteiger partial charge < -0.3 is 4.74 Å². The van der Waals surface area contributed by atoms with E-state index >= 15 is 0 Å². The number of hydrogen-bond donors (Lipinski definition) is 0. The molecule has 0 unspecified atom stereocenters. The number of aryl methyl sites for hydroxylation is 1. The number of ether oxygens (including phenoxy) is 1. The molecule has 0 heterocycles. The van der Waals surface area contributed by atoms with Gasteiger partial charge in [-0.1, -0.05) is 29.8 Å². The van der Waals surface area contributed by atoms with Crippen molar-refractivity contribution in [1.82, 2.24) is 0 Å². The van der Waals surface area contributed by atoms with E-state index in [9.17, 15) is 0 Å². The van der Waals surface area contributed by atoms with E-state index in [1.165, 1.54) is 42.4 Å². The first kappa shape index (κ1) is 13.5. The minimum Gasteiger partial charge on any atom is -0.490 e. The molecule has 0 radical (unpaired) electrons. The van der Waals surface area contributed by atoms with Gasteiger partial charge in [0.1, 0.15) is 5.75 Å². The van der Waals surface area contributed by atoms with Crippen LogP contribution in [0.5, 0.6) is 5.75 Å². The molecule has 0 aliphatic heterocycles. The second kappa shape index (κ2) is 5.88. The molecule has 0 N–H and O–H groups in total. The van der Waals surface area contributed by atoms with Gasteiger partial charge >= 0.3 is 0 Å². The molecule has 0 spiro atoms. The van der Waals surface area contributed by atoms with Crippen LogP contribution in [0.15, 0.2) is 42.5 Å². The highest BCUT2D eigenvalue weighted by molar-refractivity contribution is 6.30. The zero-order valence-corrected chi connectivity index (χ0v) is 12.5. The van der Waals surface area contributed by atoms with Crippen LogP contribution >= 0.6 is 11.6 Å². The van der Waals surface area contributed by atoms with Crippen molar-refractivity contribution < 1.29 is 4.74 Å². The van der Waals surface area contributed by atoms with Crippen molar-refractivity contribution in [3.8, 4) is 16.9 Å². The molecule has 0 saturated heterocycles. The average Bonchev–Trinajstić information content (AvgIpc) is 2.95. The third-order valence-corrected chi connectivity index (χ3v) is 4.18. The number of rotatable bonds is 3. The van der Waals surface area contributed by atoms with E-state index in [4.69, 9.17) is 16.3 Å². The van der Waals surface area contributed by atoms with Gasteiger partial charge in [-0.05, 0) is 73.6 Å². The van der Waals surface area contributed by atoms with Gasteiger partial charge in [-0.3, -0.25) is 0 Å². The lowest BCUT2D eigenvalue weighted by Crippen LogP contribution is -2.10. The summed E-state index contributed by atoms with van der Waals surface area (Å²) in [4.78, 5) is 0. The minimum atomic E-state index is 0.394. The predicted octanol–water partition coefficient (Wildman–Crippen LogP) is 5.64. The first-order valence-corrected chi connectivity index (χ1v) is 7.63. The van der Waals surface area contributed by atoms with Crippen molar-refractivity contribution in [2.45, 2.75) is 38.7 Å². The molecule has 0 aromatic heterocycles. The molecule has 2 aromatic rings. The maximum Gasteiger partial charge on any atom is 0.120 e. The van der Waals surface area contributed by atoms with Crippen molar-refractivity contribution in [3.63, 3.8) is 0 Å². The highest BCUT2D eigenvalue weighted by Crippen LogP contribution is 2.31. The lowest BCUT2D eigenvalue weighted by atomic mass is 10.0. The van der Waals surface area contributed by atoms with Crippen molar-refractivity contribution in [1.29, 1.82) is 0 Å². The van der Waals surface area contributed by atoms with Gasteiger partial charge in [-0.25, -0.2) is 0 Å². The average molecular weight is 287 g/mol. The third-order valence-electron chi connectivity index (χ3n) is 3.95. The van der Waals surface area contributed by atoms with E-state index in [0.29, 0.717) is 6.10 Å². The summed E-state index contributed by atoms with van der Waals surface area (Å²) >= 11 is 6.11. The Hall–Kier alpha value is -1.47. The molecular weight excluding hydrogens is 268 g/mol. The molecule has 0 atom stereocenters. The van der Waals surface area contributed by atoms with Crippen LogP contribution in [-0.2, 0) is 0 Å². The van der Waals surface area contributed by atoms with Crippen LogP contribution in [0.4, 0.5) is 0 Å². The smallest absolute Gasteiger partial charge is 0.120 e. The largest absolute Gasteiger partial charge is 0.490 e. The molecule has 0 amide bonds. The normalized spacial score (nSPS) is 15.5. The summed E-state index contributed by atoms with van der Waals surface area (Å²) in [7, 11) is 0. The fourth-order valence-electron chi connectivity index (χ4n) is 2.84. The van der Waals surface area contributed by atoms with Crippen molar-refractivity contribution in [2.75, 3.05) is 0 Å². The van der Waals surface area contributed by atoms with Crippen molar-refractivity contribution in [3.05, 3.63) is 53.1 Å². The van der Waals surface area contributed by atoms with Crippen molar-refractivity contribution >= 4 is 11.6 Å². The fourth-order valence-corrected chi connectivity index (χ4v) is 3.01. The zero-order valence-electron chi connectivity index (χ0n) is 11.7. The maximum absolute atomic E-state index is 6.11. The van der Waals surface area contributed by atoms with E-state index in [2.05, 4.69) is 31.2 Å². The lowest BCUT2D eigenvalue weighted by Gasteiger charge is -2.14. The van der Waals surface area contributed by atoms with Crippen LogP contribution in [-0.4, -0.2) is 6.10 Å². The summed E-state index contributed by atoms with van der Waals surface area (Å²) in [5, 5.41) is 0.771. The molecule has 1 aliphatic rings. The standard InChI is InChI=1S/C18H19ClO/c1-13-9-10-15(19)12-18(13)14-5-4-8-17(11-14)20-16-6-2-3-7-16/h4-5,8-12,16H,2-3,6-7H2,1H3. The second-order valence-corrected chi connectivity index (χ2v) is 5.95. The van der Waals surface area contributed by atoms with Gasteiger partial charge in [0.2, 0.25) is 0 Å². The Balaban J connectivity index is 1.88. The fraction of sp³-hybridized carbons (Fsp3) is 0.333. The Labute approximate surface area is 125 Å². The summed E-state index contributed by atoms with van der Waals surface area (Å²) in [5.74, 6) is 0.966. The van der Waals surface area contributed by atoms with E-state index in [1.54, 1.807) is 0 Å². The number of benzene rings is 2. The molecule has 1 nitrogen and oxygen atoms in total. The second-order valence-electron chi connectivity index (χ2n) is 5.51. The first-order valence-electron chi connectivity index (χ1n) is 7.25. The molecule has 2 aromatic carbocycles. The molecule has 3 rings (SSSR count). The van der Waals surface area contributed by atoms with Crippen LogP contribution < -0.4 is 4.74 Å². The predicted molar refractivity (Wildman–Crippen MR) is 84.5 cm³/mol. The van der Waals surface area contributed by atoms with Crippen LogP contribution in [0, 0.1) is 6.92 Å². The van der Waals surface area contributed by atoms with Crippen LogP contribution in [0.25, 0.3) is 11.1 Å². The Morgan fingerprint density at radius 2 is 1.85 bits per heavy atom. The number of hydrogen-bond acceptors (Lipinski definition) is 1. The van der Waals surface area contributed by atoms with Gasteiger partial charge in [0, 0.05) is 5.02 Å². The summed E-state index contributed by atoms with van der Waals surface area (Å²) in [5.41, 5.74) is 3.57. The van der Waals surface area contributed by atoms with Crippen LogP contribution in [0.2, 0.25) is 5.02 Å². The molecule has 104 valence electrons. The lowest BCUT2D eigenvalue weighted by molar-refractivity contribution is 0.210. The van der Waals surface area contributed by atoms with Gasteiger partial charge in [-0.2, -0.15) is 0 Å². The van der Waals surface area contributed by atoms with E-state index < -0.39 is 0 Å². The summed E-state index contributed by atoms with van der Waals surface area (Å²) < 4.78 is 6.07. The maximum atomic E-state index is 6.11. The van der Waals surface area contributed by atoms with Gasteiger partial charge in [0.05, 0.1) is 6.10 Å². The van der Waals surface area contributed by atoms with E-state index in [0.717, 1.165) is 10.8 Å². The van der Waals surface area contributed by atoms with Crippen molar-refractivity contribution in [2.24, 2.45) is 0 Å².